The minimum Gasteiger partial charge on any atom is -0.481 e. The second-order valence-electron chi connectivity index (χ2n) is 6.83. The largest absolute Gasteiger partial charge is 0.481 e. The molecule has 2 rings (SSSR count). The second-order valence-corrected chi connectivity index (χ2v) is 6.83. The number of aliphatic carboxylic acids is 1. The van der Waals surface area contributed by atoms with E-state index in [-0.39, 0.29) is 6.42 Å². The number of carboxylic acid groups (broad SMARTS) is 1. The lowest BCUT2D eigenvalue weighted by Crippen LogP contribution is -2.30. The molecule has 2 heterocycles. The topological polar surface area (TPSA) is 74.7 Å². The zero-order chi connectivity index (χ0) is 20.6. The van der Waals surface area contributed by atoms with Crippen molar-refractivity contribution in [2.24, 2.45) is 0 Å². The van der Waals surface area contributed by atoms with Crippen LogP contribution in [0, 0.1) is 0 Å². The van der Waals surface area contributed by atoms with Gasteiger partial charge >= 0.3 is 5.97 Å². The standard InChI is InChI=1S/C20H33N3O3.C2H6/c1-2-26-16-15-23(14-6-9-19(24)25)13-4-3-8-18-11-10-17-7-5-12-21-20(17)22-18;1-2/h10-11H,2-9,12-16H2,1H3,(H,21,22)(H,24,25);1-2H3. The third-order valence-corrected chi connectivity index (χ3v) is 4.73. The molecular formula is C22H39N3O3. The van der Waals surface area contributed by atoms with E-state index in [1.54, 1.807) is 0 Å². The van der Waals surface area contributed by atoms with Crippen molar-refractivity contribution in [3.05, 3.63) is 23.4 Å². The van der Waals surface area contributed by atoms with Crippen LogP contribution in [0.4, 0.5) is 5.82 Å². The fraction of sp³-hybridized carbons (Fsp3) is 0.727. The smallest absolute Gasteiger partial charge is 0.303 e. The molecule has 0 amide bonds. The maximum Gasteiger partial charge on any atom is 0.303 e. The Labute approximate surface area is 170 Å². The lowest BCUT2D eigenvalue weighted by molar-refractivity contribution is -0.137. The molecule has 6 heteroatoms. The normalized spacial score (nSPS) is 12.7. The van der Waals surface area contributed by atoms with Crippen molar-refractivity contribution in [3.63, 3.8) is 0 Å². The first-order chi connectivity index (χ1) is 13.7. The number of fused-ring (bicyclic) bond motifs is 1. The van der Waals surface area contributed by atoms with Gasteiger partial charge in [0, 0.05) is 31.8 Å². The number of rotatable bonds is 13. The van der Waals surface area contributed by atoms with E-state index >= 15 is 0 Å². The van der Waals surface area contributed by atoms with E-state index in [4.69, 9.17) is 14.8 Å². The molecular weight excluding hydrogens is 354 g/mol. The van der Waals surface area contributed by atoms with Gasteiger partial charge < -0.3 is 20.1 Å². The van der Waals surface area contributed by atoms with Gasteiger partial charge in [-0.15, -0.1) is 0 Å². The predicted octanol–water partition coefficient (Wildman–Crippen LogP) is 3.99. The summed E-state index contributed by atoms with van der Waals surface area (Å²) >= 11 is 0. The van der Waals surface area contributed by atoms with Gasteiger partial charge in [0.25, 0.3) is 0 Å². The van der Waals surface area contributed by atoms with Crippen molar-refractivity contribution < 1.29 is 14.6 Å². The number of aryl methyl sites for hydroxylation is 2. The molecule has 0 radical (unpaired) electrons. The zero-order valence-electron chi connectivity index (χ0n) is 18.0. The van der Waals surface area contributed by atoms with E-state index in [1.165, 1.54) is 12.0 Å². The minimum absolute atomic E-state index is 0.233. The van der Waals surface area contributed by atoms with Gasteiger partial charge in [-0.2, -0.15) is 0 Å². The van der Waals surface area contributed by atoms with Gasteiger partial charge in [0.15, 0.2) is 0 Å². The molecule has 160 valence electrons. The van der Waals surface area contributed by atoms with Crippen LogP contribution in [0.25, 0.3) is 0 Å². The molecule has 0 unspecified atom stereocenters. The van der Waals surface area contributed by atoms with Crippen LogP contribution < -0.4 is 5.32 Å². The van der Waals surface area contributed by atoms with Gasteiger partial charge in [-0.3, -0.25) is 4.79 Å². The molecule has 0 saturated carbocycles. The molecule has 6 nitrogen and oxygen atoms in total. The SMILES string of the molecule is CC.CCOCCN(CCCCc1ccc2c(n1)NCCC2)CCCC(=O)O. The van der Waals surface area contributed by atoms with E-state index in [0.717, 1.165) is 70.0 Å². The maximum atomic E-state index is 10.7. The fourth-order valence-corrected chi connectivity index (χ4v) is 3.28. The number of nitrogens with one attached hydrogen (secondary N) is 1. The Morgan fingerprint density at radius 3 is 2.75 bits per heavy atom. The minimum atomic E-state index is -0.721. The first-order valence-electron chi connectivity index (χ1n) is 10.9. The summed E-state index contributed by atoms with van der Waals surface area (Å²) in [6.45, 7) is 11.1. The van der Waals surface area contributed by atoms with E-state index in [2.05, 4.69) is 22.3 Å². The molecule has 0 atom stereocenters. The van der Waals surface area contributed by atoms with Gasteiger partial charge in [0.2, 0.25) is 0 Å². The van der Waals surface area contributed by atoms with Gasteiger partial charge in [-0.05, 0) is 70.2 Å². The number of carbonyl (C=O) groups is 1. The average Bonchev–Trinajstić information content (AvgIpc) is 2.72. The van der Waals surface area contributed by atoms with Crippen molar-refractivity contribution in [1.29, 1.82) is 0 Å². The van der Waals surface area contributed by atoms with Crippen molar-refractivity contribution in [2.45, 2.75) is 65.7 Å². The number of anilines is 1. The second kappa shape index (κ2) is 15.3. The first-order valence-corrected chi connectivity index (χ1v) is 10.9. The third-order valence-electron chi connectivity index (χ3n) is 4.73. The van der Waals surface area contributed by atoms with Crippen LogP contribution in [0.5, 0.6) is 0 Å². The fourth-order valence-electron chi connectivity index (χ4n) is 3.28. The average molecular weight is 394 g/mol. The van der Waals surface area contributed by atoms with Gasteiger partial charge in [-0.1, -0.05) is 19.9 Å². The first kappa shape index (κ1) is 24.4. The molecule has 0 spiro atoms. The molecule has 2 N–H and O–H groups in total. The van der Waals surface area contributed by atoms with Crippen LogP contribution in [0.2, 0.25) is 0 Å². The molecule has 0 saturated heterocycles. The van der Waals surface area contributed by atoms with Crippen molar-refractivity contribution in [2.75, 3.05) is 44.7 Å². The number of pyridine rings is 1. The molecule has 0 fully saturated rings. The molecule has 0 aliphatic carbocycles. The number of carboxylic acids is 1. The quantitative estimate of drug-likeness (QED) is 0.494. The Balaban J connectivity index is 0.00000190. The number of hydrogen-bond donors (Lipinski definition) is 2. The Hall–Kier alpha value is -1.66. The molecule has 1 aromatic heterocycles. The van der Waals surface area contributed by atoms with E-state index in [1.807, 2.05) is 20.8 Å². The summed E-state index contributed by atoms with van der Waals surface area (Å²) in [5, 5.41) is 12.2. The van der Waals surface area contributed by atoms with Crippen molar-refractivity contribution in [3.8, 4) is 0 Å². The Morgan fingerprint density at radius 2 is 2.00 bits per heavy atom. The number of ether oxygens (including phenoxy) is 1. The highest BCUT2D eigenvalue weighted by atomic mass is 16.5. The van der Waals surface area contributed by atoms with Crippen molar-refractivity contribution in [1.82, 2.24) is 9.88 Å². The van der Waals surface area contributed by atoms with E-state index in [0.29, 0.717) is 13.0 Å². The summed E-state index contributed by atoms with van der Waals surface area (Å²) in [6, 6.07) is 4.37. The van der Waals surface area contributed by atoms with E-state index < -0.39 is 5.97 Å². The zero-order valence-corrected chi connectivity index (χ0v) is 18.0. The Morgan fingerprint density at radius 1 is 1.21 bits per heavy atom. The number of hydrogen-bond acceptors (Lipinski definition) is 5. The summed E-state index contributed by atoms with van der Waals surface area (Å²) in [4.78, 5) is 17.8. The Kier molecular flexibility index (Phi) is 13.3. The highest BCUT2D eigenvalue weighted by Gasteiger charge is 2.10. The van der Waals surface area contributed by atoms with E-state index in [9.17, 15) is 4.79 Å². The molecule has 28 heavy (non-hydrogen) atoms. The van der Waals surface area contributed by atoms with Crippen LogP contribution in [-0.2, 0) is 22.4 Å². The van der Waals surface area contributed by atoms with Crippen molar-refractivity contribution >= 4 is 11.8 Å². The maximum absolute atomic E-state index is 10.7. The lowest BCUT2D eigenvalue weighted by atomic mass is 10.1. The predicted molar refractivity (Wildman–Crippen MR) is 115 cm³/mol. The molecule has 1 aliphatic heterocycles. The van der Waals surface area contributed by atoms with Gasteiger partial charge in [-0.25, -0.2) is 4.98 Å². The summed E-state index contributed by atoms with van der Waals surface area (Å²) in [7, 11) is 0. The monoisotopic (exact) mass is 393 g/mol. The van der Waals surface area contributed by atoms with Crippen LogP contribution in [0.3, 0.4) is 0 Å². The van der Waals surface area contributed by atoms with Crippen LogP contribution in [-0.4, -0.2) is 60.4 Å². The van der Waals surface area contributed by atoms with Gasteiger partial charge in [0.1, 0.15) is 5.82 Å². The summed E-state index contributed by atoms with van der Waals surface area (Å²) in [5.41, 5.74) is 2.49. The summed E-state index contributed by atoms with van der Waals surface area (Å²) in [6.07, 6.45) is 6.41. The van der Waals surface area contributed by atoms with Crippen LogP contribution in [0.15, 0.2) is 12.1 Å². The highest BCUT2D eigenvalue weighted by Crippen LogP contribution is 2.20. The summed E-state index contributed by atoms with van der Waals surface area (Å²) < 4.78 is 5.44. The molecule has 1 aromatic rings. The molecule has 0 bridgehead atoms. The number of unbranched alkanes of at least 4 members (excludes halogenated alkanes) is 1. The number of aromatic nitrogens is 1. The number of nitrogens with zero attached hydrogens (tertiary/aromatic N) is 2. The lowest BCUT2D eigenvalue weighted by Gasteiger charge is -2.22. The van der Waals surface area contributed by atoms with Crippen LogP contribution >= 0.6 is 0 Å². The van der Waals surface area contributed by atoms with Gasteiger partial charge in [0.05, 0.1) is 6.61 Å². The molecule has 1 aliphatic rings. The highest BCUT2D eigenvalue weighted by molar-refractivity contribution is 5.66. The Bertz CT molecular complexity index is 552. The molecule has 0 aromatic carbocycles. The third kappa shape index (κ3) is 10.0. The van der Waals surface area contributed by atoms with Crippen LogP contribution in [0.1, 0.15) is 64.1 Å². The summed E-state index contributed by atoms with van der Waals surface area (Å²) in [5.74, 6) is 0.350.